The molecule has 1 aromatic rings. The lowest BCUT2D eigenvalue weighted by Crippen LogP contribution is -2.41. The van der Waals surface area contributed by atoms with Gasteiger partial charge in [-0.15, -0.1) is 0 Å². The maximum atomic E-state index is 12.1. The van der Waals surface area contributed by atoms with Gasteiger partial charge in [0.2, 0.25) is 0 Å². The Kier molecular flexibility index (Phi) is 6.21. The molecule has 0 atom stereocenters. The van der Waals surface area contributed by atoms with Gasteiger partial charge in [-0.1, -0.05) is 12.1 Å². The van der Waals surface area contributed by atoms with Crippen LogP contribution in [0.5, 0.6) is 5.75 Å². The summed E-state index contributed by atoms with van der Waals surface area (Å²) >= 11 is 0. The van der Waals surface area contributed by atoms with Crippen molar-refractivity contribution in [1.29, 1.82) is 5.26 Å². The van der Waals surface area contributed by atoms with E-state index >= 15 is 0 Å². The lowest BCUT2D eigenvalue weighted by molar-refractivity contribution is -0.139. The van der Waals surface area contributed by atoms with E-state index in [1.165, 1.54) is 4.90 Å². The van der Waals surface area contributed by atoms with Crippen LogP contribution in [0.2, 0.25) is 0 Å². The van der Waals surface area contributed by atoms with E-state index in [4.69, 9.17) is 15.1 Å². The minimum atomic E-state index is -0.954. The molecule has 0 saturated heterocycles. The van der Waals surface area contributed by atoms with Crippen molar-refractivity contribution in [2.24, 2.45) is 0 Å². The number of para-hydroxylation sites is 1. The molecule has 0 unspecified atom stereocenters. The van der Waals surface area contributed by atoms with Gasteiger partial charge in [0.05, 0.1) is 12.0 Å². The maximum absolute atomic E-state index is 12.1. The first-order chi connectivity index (χ1) is 9.95. The first kappa shape index (κ1) is 16.5. The van der Waals surface area contributed by atoms with Crippen molar-refractivity contribution in [2.45, 2.75) is 26.3 Å². The molecule has 0 fully saturated rings. The SMILES string of the molecule is CC(C)N(CCC(=O)O)C(=O)COc1ccccc1C#N. The van der Waals surface area contributed by atoms with E-state index in [0.717, 1.165) is 0 Å². The summed E-state index contributed by atoms with van der Waals surface area (Å²) in [5.41, 5.74) is 0.354. The van der Waals surface area contributed by atoms with Crippen molar-refractivity contribution in [1.82, 2.24) is 4.90 Å². The molecule has 6 nitrogen and oxygen atoms in total. The zero-order valence-electron chi connectivity index (χ0n) is 12.1. The van der Waals surface area contributed by atoms with Crippen molar-refractivity contribution < 1.29 is 19.4 Å². The van der Waals surface area contributed by atoms with E-state index in [1.54, 1.807) is 24.3 Å². The number of nitrogens with zero attached hydrogens (tertiary/aromatic N) is 2. The molecule has 6 heteroatoms. The second-order valence-corrected chi connectivity index (χ2v) is 4.72. The van der Waals surface area contributed by atoms with Crippen molar-refractivity contribution in [2.75, 3.05) is 13.2 Å². The number of amides is 1. The van der Waals surface area contributed by atoms with E-state index in [2.05, 4.69) is 0 Å². The number of benzene rings is 1. The van der Waals surface area contributed by atoms with Crippen LogP contribution in [0.15, 0.2) is 24.3 Å². The third-order valence-corrected chi connectivity index (χ3v) is 2.87. The van der Waals surface area contributed by atoms with E-state index in [9.17, 15) is 9.59 Å². The van der Waals surface area contributed by atoms with Gasteiger partial charge in [0.25, 0.3) is 5.91 Å². The summed E-state index contributed by atoms with van der Waals surface area (Å²) < 4.78 is 5.37. The van der Waals surface area contributed by atoms with Gasteiger partial charge in [0, 0.05) is 12.6 Å². The molecule has 1 aromatic carbocycles. The Balaban J connectivity index is 2.65. The molecule has 0 radical (unpaired) electrons. The van der Waals surface area contributed by atoms with Gasteiger partial charge in [-0.05, 0) is 26.0 Å². The highest BCUT2D eigenvalue weighted by atomic mass is 16.5. The van der Waals surface area contributed by atoms with E-state index in [-0.39, 0.29) is 31.5 Å². The highest BCUT2D eigenvalue weighted by Crippen LogP contribution is 2.16. The van der Waals surface area contributed by atoms with Crippen molar-refractivity contribution in [3.8, 4) is 11.8 Å². The molecule has 1 N–H and O–H groups in total. The minimum Gasteiger partial charge on any atom is -0.482 e. The first-order valence-corrected chi connectivity index (χ1v) is 6.59. The smallest absolute Gasteiger partial charge is 0.305 e. The predicted octanol–water partition coefficient (Wildman–Crippen LogP) is 1.65. The second kappa shape index (κ2) is 7.90. The van der Waals surface area contributed by atoms with Crippen LogP contribution in [0.1, 0.15) is 25.8 Å². The molecule has 0 aromatic heterocycles. The Labute approximate surface area is 123 Å². The number of carboxylic acids is 1. The maximum Gasteiger partial charge on any atom is 0.305 e. The third-order valence-electron chi connectivity index (χ3n) is 2.87. The molecule has 1 rings (SSSR count). The number of carboxylic acid groups (broad SMARTS) is 1. The van der Waals surface area contributed by atoms with Gasteiger partial charge in [0.15, 0.2) is 6.61 Å². The monoisotopic (exact) mass is 290 g/mol. The Bertz CT molecular complexity index is 549. The fourth-order valence-electron chi connectivity index (χ4n) is 1.79. The zero-order chi connectivity index (χ0) is 15.8. The van der Waals surface area contributed by atoms with Gasteiger partial charge in [-0.25, -0.2) is 0 Å². The molecule has 0 spiro atoms. The number of carbonyl (C=O) groups is 2. The molecular formula is C15H18N2O4. The Hall–Kier alpha value is -2.55. The van der Waals surface area contributed by atoms with Crippen molar-refractivity contribution in [3.05, 3.63) is 29.8 Å². The fraction of sp³-hybridized carbons (Fsp3) is 0.400. The molecule has 21 heavy (non-hydrogen) atoms. The molecular weight excluding hydrogens is 272 g/mol. The van der Waals surface area contributed by atoms with Crippen molar-refractivity contribution in [3.63, 3.8) is 0 Å². The van der Waals surface area contributed by atoms with Crippen LogP contribution in [-0.2, 0) is 9.59 Å². The normalized spacial score (nSPS) is 10.0. The highest BCUT2D eigenvalue weighted by Gasteiger charge is 2.18. The van der Waals surface area contributed by atoms with E-state index in [0.29, 0.717) is 11.3 Å². The summed E-state index contributed by atoms with van der Waals surface area (Å²) in [6.07, 6.45) is -0.112. The molecule has 0 aliphatic rings. The van der Waals surface area contributed by atoms with Crippen LogP contribution >= 0.6 is 0 Å². The van der Waals surface area contributed by atoms with Gasteiger partial charge in [-0.2, -0.15) is 5.26 Å². The number of hydrogen-bond acceptors (Lipinski definition) is 4. The largest absolute Gasteiger partial charge is 0.482 e. The summed E-state index contributed by atoms with van der Waals surface area (Å²) in [5, 5.41) is 17.6. The van der Waals surface area contributed by atoms with Crippen LogP contribution in [0.4, 0.5) is 0 Å². The molecule has 0 saturated carbocycles. The number of ether oxygens (including phenoxy) is 1. The van der Waals surface area contributed by atoms with E-state index in [1.807, 2.05) is 19.9 Å². The second-order valence-electron chi connectivity index (χ2n) is 4.72. The average Bonchev–Trinajstić information content (AvgIpc) is 2.44. The Morgan fingerprint density at radius 2 is 2.05 bits per heavy atom. The highest BCUT2D eigenvalue weighted by molar-refractivity contribution is 5.78. The summed E-state index contributed by atoms with van der Waals surface area (Å²) in [5.74, 6) is -0.918. The molecule has 0 aliphatic heterocycles. The number of rotatable bonds is 7. The lowest BCUT2D eigenvalue weighted by atomic mass is 10.2. The van der Waals surface area contributed by atoms with Gasteiger partial charge in [-0.3, -0.25) is 9.59 Å². The zero-order valence-corrected chi connectivity index (χ0v) is 12.1. The topological polar surface area (TPSA) is 90.6 Å². The van der Waals surface area contributed by atoms with Gasteiger partial charge < -0.3 is 14.7 Å². The van der Waals surface area contributed by atoms with E-state index < -0.39 is 5.97 Å². The van der Waals surface area contributed by atoms with Crippen LogP contribution in [0.3, 0.4) is 0 Å². The molecule has 0 bridgehead atoms. The van der Waals surface area contributed by atoms with Crippen LogP contribution in [0, 0.1) is 11.3 Å². The predicted molar refractivity (Wildman–Crippen MR) is 75.8 cm³/mol. The van der Waals surface area contributed by atoms with Crippen LogP contribution in [0.25, 0.3) is 0 Å². The fourth-order valence-corrected chi connectivity index (χ4v) is 1.79. The molecule has 0 aliphatic carbocycles. The summed E-state index contributed by atoms with van der Waals surface area (Å²) in [4.78, 5) is 24.1. The van der Waals surface area contributed by atoms with Gasteiger partial charge >= 0.3 is 5.97 Å². The van der Waals surface area contributed by atoms with Crippen molar-refractivity contribution >= 4 is 11.9 Å². The van der Waals surface area contributed by atoms with Crippen LogP contribution in [-0.4, -0.2) is 41.1 Å². The standard InChI is InChI=1S/C15H18N2O4/c1-11(2)17(8-7-15(19)20)14(18)10-21-13-6-4-3-5-12(13)9-16/h3-6,11H,7-8,10H2,1-2H3,(H,19,20). The van der Waals surface area contributed by atoms with Gasteiger partial charge in [0.1, 0.15) is 11.8 Å². The first-order valence-electron chi connectivity index (χ1n) is 6.59. The average molecular weight is 290 g/mol. The lowest BCUT2D eigenvalue weighted by Gasteiger charge is -2.26. The molecule has 0 heterocycles. The number of carbonyl (C=O) groups excluding carboxylic acids is 1. The molecule has 112 valence electrons. The summed E-state index contributed by atoms with van der Waals surface area (Å²) in [7, 11) is 0. The Morgan fingerprint density at radius 3 is 2.62 bits per heavy atom. The number of aliphatic carboxylic acids is 1. The Morgan fingerprint density at radius 1 is 1.38 bits per heavy atom. The minimum absolute atomic E-state index is 0.112. The summed E-state index contributed by atoms with van der Waals surface area (Å²) in [6.45, 7) is 3.53. The van der Waals surface area contributed by atoms with Crippen LogP contribution < -0.4 is 4.74 Å². The third kappa shape index (κ3) is 5.15. The quantitative estimate of drug-likeness (QED) is 0.824. The summed E-state index contributed by atoms with van der Waals surface area (Å²) in [6, 6.07) is 8.50. The number of hydrogen-bond donors (Lipinski definition) is 1. The number of nitriles is 1. The molecule has 1 amide bonds.